The van der Waals surface area contributed by atoms with Gasteiger partial charge < -0.3 is 9.11 Å². The zero-order valence-electron chi connectivity index (χ0n) is 43.9. The Bertz CT molecular complexity index is 1020. The Morgan fingerprint density at radius 1 is 0.277 bits per heavy atom. The van der Waals surface area contributed by atoms with Crippen molar-refractivity contribution in [2.75, 3.05) is 13.2 Å². The fourth-order valence-corrected chi connectivity index (χ4v) is 9.73. The molecule has 0 N–H and O–H groups in total. The third kappa shape index (κ3) is 65.0. The van der Waals surface area contributed by atoms with Crippen molar-refractivity contribution in [1.82, 2.24) is 0 Å². The number of hydrogen-bond donors (Lipinski definition) is 0. The van der Waals surface area contributed by atoms with Crippen LogP contribution in [0, 0.1) is 11.8 Å². The molecule has 11 heteroatoms. The van der Waals surface area contributed by atoms with Gasteiger partial charge in [0.05, 0.1) is 13.2 Å². The maximum Gasteiger partial charge on any atom is 2.00 e. The minimum Gasteiger partial charge on any atom is -0.726 e. The largest absolute Gasteiger partial charge is 2.00 e. The van der Waals surface area contributed by atoms with Crippen LogP contribution in [-0.4, -0.2) is 76.9 Å². The molecule has 8 nitrogen and oxygen atoms in total. The standard InChI is InChI=1S/2C27H56O4S.Ca/c2*1-3-5-7-9-11-12-13-14-15-16-17-19-21-23-25-27(26-31-32(28,29)30)24-22-20-18-10-8-6-4-2;/h2*27H,3-26H2,1-2H3,(H,28,29,30);/q;;+2/p-2. The van der Waals surface area contributed by atoms with Gasteiger partial charge in [-0.2, -0.15) is 0 Å². The molecule has 0 saturated carbocycles. The molecule has 0 saturated heterocycles. The Labute approximate surface area is 437 Å². The summed E-state index contributed by atoms with van der Waals surface area (Å²) in [4.78, 5) is 0. The molecule has 0 aromatic rings. The van der Waals surface area contributed by atoms with Crippen molar-refractivity contribution in [2.24, 2.45) is 11.8 Å². The molecule has 0 rings (SSSR count). The first kappa shape index (κ1) is 70.3. The molecule has 0 aliphatic carbocycles. The Hall–Kier alpha value is 1.000. The van der Waals surface area contributed by atoms with Crippen LogP contribution in [0.15, 0.2) is 0 Å². The summed E-state index contributed by atoms with van der Waals surface area (Å²) in [5.41, 5.74) is 0. The van der Waals surface area contributed by atoms with Gasteiger partial charge in [-0.05, 0) is 37.5 Å². The van der Waals surface area contributed by atoms with Gasteiger partial charge in [-0.15, -0.1) is 0 Å². The summed E-state index contributed by atoms with van der Waals surface area (Å²) in [6.45, 7) is 9.13. The smallest absolute Gasteiger partial charge is 0.726 e. The molecule has 0 aliphatic heterocycles. The van der Waals surface area contributed by atoms with Crippen LogP contribution in [0.1, 0.15) is 323 Å². The van der Waals surface area contributed by atoms with Crippen LogP contribution in [0.25, 0.3) is 0 Å². The quantitative estimate of drug-likeness (QED) is 0.0255. The van der Waals surface area contributed by atoms with E-state index in [-0.39, 0.29) is 62.8 Å². The van der Waals surface area contributed by atoms with E-state index < -0.39 is 20.8 Å². The third-order valence-corrected chi connectivity index (χ3v) is 14.1. The monoisotopic (exact) mass is 991 g/mol. The van der Waals surface area contributed by atoms with Crippen molar-refractivity contribution < 1.29 is 34.3 Å². The predicted molar refractivity (Wildman–Crippen MR) is 279 cm³/mol. The van der Waals surface area contributed by atoms with Crippen LogP contribution in [0.4, 0.5) is 0 Å². The van der Waals surface area contributed by atoms with E-state index in [4.69, 9.17) is 0 Å². The molecule has 0 bridgehead atoms. The van der Waals surface area contributed by atoms with E-state index in [1.807, 2.05) is 0 Å². The van der Waals surface area contributed by atoms with Crippen molar-refractivity contribution in [3.05, 3.63) is 0 Å². The van der Waals surface area contributed by atoms with E-state index in [0.29, 0.717) is 0 Å². The molecule has 0 fully saturated rings. The minimum atomic E-state index is -4.57. The van der Waals surface area contributed by atoms with Gasteiger partial charge in [-0.3, -0.25) is 8.37 Å². The molecule has 0 radical (unpaired) electrons. The molecule has 0 spiro atoms. The first-order valence-corrected chi connectivity index (χ1v) is 30.9. The molecule has 0 aliphatic rings. The van der Waals surface area contributed by atoms with Gasteiger partial charge in [-0.25, -0.2) is 16.8 Å². The molecule has 388 valence electrons. The van der Waals surface area contributed by atoms with Gasteiger partial charge in [0, 0.05) is 0 Å². The van der Waals surface area contributed by atoms with E-state index >= 15 is 0 Å². The summed E-state index contributed by atoms with van der Waals surface area (Å²) in [5, 5.41) is 0. The topological polar surface area (TPSA) is 133 Å². The molecule has 2 atom stereocenters. The molecule has 2 unspecified atom stereocenters. The Morgan fingerprint density at radius 3 is 0.554 bits per heavy atom. The van der Waals surface area contributed by atoms with E-state index in [1.54, 1.807) is 0 Å². The van der Waals surface area contributed by atoms with Crippen molar-refractivity contribution in [1.29, 1.82) is 0 Å². The van der Waals surface area contributed by atoms with E-state index in [1.165, 1.54) is 244 Å². The summed E-state index contributed by atoms with van der Waals surface area (Å²) in [6, 6.07) is 0. The van der Waals surface area contributed by atoms with Gasteiger partial charge in [0.2, 0.25) is 20.8 Å². The van der Waals surface area contributed by atoms with Crippen molar-refractivity contribution in [3.8, 4) is 0 Å². The van der Waals surface area contributed by atoms with Gasteiger partial charge in [0.15, 0.2) is 0 Å². The van der Waals surface area contributed by atoms with Gasteiger partial charge in [-0.1, -0.05) is 297 Å². The van der Waals surface area contributed by atoms with Gasteiger partial charge in [0.25, 0.3) is 0 Å². The molecule has 0 amide bonds. The fourth-order valence-electron chi connectivity index (χ4n) is 9.02. The van der Waals surface area contributed by atoms with E-state index in [2.05, 4.69) is 36.1 Å². The van der Waals surface area contributed by atoms with Crippen molar-refractivity contribution in [3.63, 3.8) is 0 Å². The van der Waals surface area contributed by atoms with Crippen molar-refractivity contribution in [2.45, 2.75) is 323 Å². The van der Waals surface area contributed by atoms with Crippen LogP contribution in [0.3, 0.4) is 0 Å². The molecule has 0 aromatic heterocycles. The minimum absolute atomic E-state index is 0. The zero-order valence-corrected chi connectivity index (χ0v) is 47.7. The number of unbranched alkanes of at least 4 members (excludes halogenated alkanes) is 38. The summed E-state index contributed by atoms with van der Waals surface area (Å²) >= 11 is 0. The Balaban J connectivity index is -0.00000116. The van der Waals surface area contributed by atoms with Crippen LogP contribution in [0.5, 0.6) is 0 Å². The van der Waals surface area contributed by atoms with Gasteiger partial charge >= 0.3 is 37.7 Å². The predicted octanol–water partition coefficient (Wildman–Crippen LogP) is 17.8. The molecule has 65 heavy (non-hydrogen) atoms. The first-order valence-electron chi connectivity index (χ1n) is 28.2. The summed E-state index contributed by atoms with van der Waals surface area (Å²) in [7, 11) is -9.15. The second-order valence-corrected chi connectivity index (χ2v) is 21.8. The number of hydrogen-bond acceptors (Lipinski definition) is 8. The summed E-state index contributed by atoms with van der Waals surface area (Å²) in [6.07, 6.45) is 58.9. The second-order valence-electron chi connectivity index (χ2n) is 19.7. The third-order valence-electron chi connectivity index (χ3n) is 13.3. The first-order chi connectivity index (χ1) is 31.0. The maximum atomic E-state index is 10.8. The number of rotatable bonds is 52. The molecular formula is C54H110CaO8S2. The molecule has 0 heterocycles. The molecule has 0 aromatic carbocycles. The Kier molecular flexibility index (Phi) is 60.4. The Morgan fingerprint density at radius 2 is 0.415 bits per heavy atom. The van der Waals surface area contributed by atoms with Crippen LogP contribution >= 0.6 is 0 Å². The maximum absolute atomic E-state index is 10.8. The fraction of sp³-hybridized carbons (Fsp3) is 1.00. The van der Waals surface area contributed by atoms with Crippen LogP contribution in [-0.2, 0) is 29.2 Å². The van der Waals surface area contributed by atoms with Crippen molar-refractivity contribution >= 4 is 58.5 Å². The summed E-state index contributed by atoms with van der Waals surface area (Å²) < 4.78 is 74.2. The average Bonchev–Trinajstić information content (AvgIpc) is 3.26. The van der Waals surface area contributed by atoms with Crippen LogP contribution in [0.2, 0.25) is 0 Å². The van der Waals surface area contributed by atoms with Gasteiger partial charge in [0.1, 0.15) is 0 Å². The SMILES string of the molecule is CCCCCCCCCCCCCCCCC(CCCCCCCCC)COS(=O)(=O)[O-].CCCCCCCCCCCCCCCCC(CCCCCCCCC)COS(=O)(=O)[O-].[Ca+2]. The van der Waals surface area contributed by atoms with E-state index in [0.717, 1.165) is 51.4 Å². The average molecular weight is 992 g/mol. The van der Waals surface area contributed by atoms with E-state index in [9.17, 15) is 25.9 Å². The van der Waals surface area contributed by atoms with Crippen LogP contribution < -0.4 is 0 Å². The molecular weight excluding hydrogens is 881 g/mol. The normalized spacial score (nSPS) is 12.8. The zero-order chi connectivity index (χ0) is 47.5. The second kappa shape index (κ2) is 55.9. The summed E-state index contributed by atoms with van der Waals surface area (Å²) in [5.74, 6) is 0.401.